The number of anilines is 1. The molecule has 0 radical (unpaired) electrons. The SMILES string of the molecule is Cc1ccnc(N(CCCC(=O)NCC(=O)N[C@@H](CC(=O)O)c2ccc(-c3ccc(C(=O)N[C@@H](Cc4ccccc4)C(=O)NCCOCCOCCOCCOCCOCCN=[N+]=[N-])c4ccccc34)cc2)C(=O)OC(C)(C)C)c1. The summed E-state index contributed by atoms with van der Waals surface area (Å²) in [5.41, 5.74) is 11.7. The summed E-state index contributed by atoms with van der Waals surface area (Å²) < 4.78 is 32.9. The number of hydrogen-bond acceptors (Lipinski definition) is 14. The highest BCUT2D eigenvalue weighted by Crippen LogP contribution is 2.32. The molecule has 1 aromatic heterocycles. The fourth-order valence-electron chi connectivity index (χ4n) is 8.06. The van der Waals surface area contributed by atoms with Gasteiger partial charge >= 0.3 is 12.1 Å². The third-order valence-corrected chi connectivity index (χ3v) is 11.9. The average Bonchev–Trinajstić information content (AvgIpc) is 3.48. The van der Waals surface area contributed by atoms with Crippen LogP contribution in [0.1, 0.15) is 73.1 Å². The maximum absolute atomic E-state index is 14.1. The maximum Gasteiger partial charge on any atom is 0.416 e. The van der Waals surface area contributed by atoms with Crippen molar-refractivity contribution in [2.75, 3.05) is 97.1 Å². The maximum atomic E-state index is 14.1. The number of carboxylic acids is 1. The number of nitrogens with one attached hydrogen (secondary N) is 4. The molecule has 5 amide bonds. The van der Waals surface area contributed by atoms with Crippen molar-refractivity contribution in [1.29, 1.82) is 0 Å². The molecule has 5 aromatic rings. The van der Waals surface area contributed by atoms with Gasteiger partial charge in [-0.05, 0) is 96.4 Å². The summed E-state index contributed by atoms with van der Waals surface area (Å²) in [4.78, 5) is 87.2. The first-order valence-electron chi connectivity index (χ1n) is 26.5. The number of benzene rings is 4. The van der Waals surface area contributed by atoms with Gasteiger partial charge in [0.05, 0.1) is 85.1 Å². The second kappa shape index (κ2) is 34.1. The molecule has 0 aliphatic rings. The summed E-state index contributed by atoms with van der Waals surface area (Å²) in [6.45, 7) is 10.9. The van der Waals surface area contributed by atoms with E-state index in [4.69, 9.17) is 34.0 Å². The summed E-state index contributed by atoms with van der Waals surface area (Å²) in [6.07, 6.45) is 1.02. The molecule has 5 rings (SSSR count). The monoisotopic (exact) mass is 1100 g/mol. The van der Waals surface area contributed by atoms with E-state index in [9.17, 15) is 33.9 Å². The van der Waals surface area contributed by atoms with Gasteiger partial charge < -0.3 is 54.8 Å². The Hall–Kier alpha value is -7.98. The number of carboxylic acid groups (broad SMARTS) is 1. The predicted octanol–water partition coefficient (Wildman–Crippen LogP) is 7.03. The highest BCUT2D eigenvalue weighted by Gasteiger charge is 2.26. The Balaban J connectivity index is 1.11. The first kappa shape index (κ1) is 62.9. The number of aliphatic carboxylic acids is 1. The molecule has 0 aliphatic carbocycles. The zero-order valence-corrected chi connectivity index (χ0v) is 45.9. The predicted molar refractivity (Wildman–Crippen MR) is 300 cm³/mol. The zero-order valence-electron chi connectivity index (χ0n) is 45.9. The van der Waals surface area contributed by atoms with Crippen LogP contribution in [0.25, 0.3) is 32.3 Å². The van der Waals surface area contributed by atoms with E-state index in [0.717, 1.165) is 27.6 Å². The number of nitrogens with zero attached hydrogens (tertiary/aromatic N) is 5. The summed E-state index contributed by atoms with van der Waals surface area (Å²) in [7, 11) is 0. The molecule has 0 spiro atoms. The molecule has 0 aliphatic heterocycles. The van der Waals surface area contributed by atoms with Crippen molar-refractivity contribution in [2.24, 2.45) is 5.11 Å². The largest absolute Gasteiger partial charge is 0.481 e. The molecule has 0 fully saturated rings. The fraction of sp³-hybridized carbons (Fsp3) is 0.431. The zero-order chi connectivity index (χ0) is 57.5. The summed E-state index contributed by atoms with van der Waals surface area (Å²) in [6, 6.07) is 29.0. The fourth-order valence-corrected chi connectivity index (χ4v) is 8.06. The number of pyridine rings is 1. The Morgan fingerprint density at radius 1 is 0.725 bits per heavy atom. The average molecular weight is 1100 g/mol. The molecule has 428 valence electrons. The minimum atomic E-state index is -1.14. The van der Waals surface area contributed by atoms with Crippen LogP contribution in [0.4, 0.5) is 10.6 Å². The van der Waals surface area contributed by atoms with Crippen molar-refractivity contribution in [3.8, 4) is 11.1 Å². The van der Waals surface area contributed by atoms with Crippen molar-refractivity contribution in [3.63, 3.8) is 0 Å². The number of hydrogen-bond donors (Lipinski definition) is 5. The van der Waals surface area contributed by atoms with Crippen LogP contribution < -0.4 is 26.2 Å². The summed E-state index contributed by atoms with van der Waals surface area (Å²) in [5.74, 6) is -2.62. The van der Waals surface area contributed by atoms with E-state index < -0.39 is 60.4 Å². The minimum absolute atomic E-state index is 0.0129. The molecule has 5 N–H and O–H groups in total. The lowest BCUT2D eigenvalue weighted by Gasteiger charge is -2.27. The first-order chi connectivity index (χ1) is 38.6. The highest BCUT2D eigenvalue weighted by atomic mass is 16.6. The Morgan fingerprint density at radius 3 is 1.98 bits per heavy atom. The van der Waals surface area contributed by atoms with Crippen molar-refractivity contribution in [2.45, 2.75) is 71.1 Å². The summed E-state index contributed by atoms with van der Waals surface area (Å²) in [5, 5.41) is 25.7. The molecule has 1 heterocycles. The number of rotatable bonds is 35. The number of carbonyl (C=O) groups is 6. The van der Waals surface area contributed by atoms with Gasteiger partial charge in [-0.25, -0.2) is 9.78 Å². The second-order valence-corrected chi connectivity index (χ2v) is 19.3. The Kier molecular flexibility index (Phi) is 26.8. The topological polar surface area (TPSA) is 291 Å². The molecule has 0 bridgehead atoms. The molecule has 0 saturated carbocycles. The molecule has 22 heteroatoms. The molecular weight excluding hydrogens is 1030 g/mol. The number of azide groups is 1. The first-order valence-corrected chi connectivity index (χ1v) is 26.5. The second-order valence-electron chi connectivity index (χ2n) is 19.3. The van der Waals surface area contributed by atoms with E-state index in [1.54, 1.807) is 69.4 Å². The normalized spacial score (nSPS) is 11.9. The number of ether oxygens (including phenoxy) is 6. The van der Waals surface area contributed by atoms with Gasteiger partial charge in [0, 0.05) is 49.1 Å². The van der Waals surface area contributed by atoms with Crippen LogP contribution >= 0.6 is 0 Å². The van der Waals surface area contributed by atoms with Gasteiger partial charge in [-0.3, -0.25) is 28.9 Å². The van der Waals surface area contributed by atoms with Crippen molar-refractivity contribution in [1.82, 2.24) is 26.3 Å². The van der Waals surface area contributed by atoms with Gasteiger partial charge in [-0.1, -0.05) is 90.0 Å². The lowest BCUT2D eigenvalue weighted by atomic mass is 9.93. The van der Waals surface area contributed by atoms with E-state index in [2.05, 4.69) is 36.3 Å². The van der Waals surface area contributed by atoms with Gasteiger partial charge in [0.2, 0.25) is 17.7 Å². The smallest absolute Gasteiger partial charge is 0.416 e. The molecular formula is C58H73N9O13. The molecule has 4 aromatic carbocycles. The van der Waals surface area contributed by atoms with Gasteiger partial charge in [0.25, 0.3) is 5.91 Å². The van der Waals surface area contributed by atoms with E-state index in [1.807, 2.05) is 67.6 Å². The van der Waals surface area contributed by atoms with Gasteiger partial charge in [-0.15, -0.1) is 0 Å². The number of fused-ring (bicyclic) bond motifs is 1. The van der Waals surface area contributed by atoms with Crippen LogP contribution in [0.3, 0.4) is 0 Å². The van der Waals surface area contributed by atoms with E-state index >= 15 is 0 Å². The van der Waals surface area contributed by atoms with Crippen molar-refractivity contribution >= 4 is 52.3 Å². The standard InChI is InChI=1S/C58H73N9O13/c1-41-22-23-60-51(37-41)67(57(74)80-58(2,3)4)26-10-15-52(68)62-40-53(69)64-49(39-54(70)71)44-18-16-43(17-19-44)45-20-21-48(47-14-9-8-13-46(45)47)55(72)65-50(38-42-11-6-5-7-12-42)56(73)61-24-27-75-29-31-77-33-35-79-36-34-78-32-30-76-28-25-63-66-59/h5-9,11-14,16-23,37,49-50H,10,15,24-36,38-40H2,1-4H3,(H,61,73)(H,62,68)(H,64,69)(H,65,72)(H,70,71)/t49-,50-/m0/s1. The van der Waals surface area contributed by atoms with Gasteiger partial charge in [0.15, 0.2) is 0 Å². The van der Waals surface area contributed by atoms with Crippen LogP contribution in [0.2, 0.25) is 0 Å². The molecule has 22 nitrogen and oxygen atoms in total. The Labute approximate surface area is 465 Å². The van der Waals surface area contributed by atoms with Crippen molar-refractivity contribution < 1.29 is 62.3 Å². The van der Waals surface area contributed by atoms with Gasteiger partial charge in [0.1, 0.15) is 17.5 Å². The molecule has 2 atom stereocenters. The third kappa shape index (κ3) is 22.8. The third-order valence-electron chi connectivity index (χ3n) is 11.9. The van der Waals surface area contributed by atoms with E-state index in [0.29, 0.717) is 81.8 Å². The number of aryl methyl sites for hydroxylation is 1. The quantitative estimate of drug-likeness (QED) is 0.0118. The lowest BCUT2D eigenvalue weighted by Crippen LogP contribution is -2.48. The molecule has 0 unspecified atom stereocenters. The highest BCUT2D eigenvalue weighted by molar-refractivity contribution is 6.11. The van der Waals surface area contributed by atoms with Crippen LogP contribution in [-0.4, -0.2) is 150 Å². The molecule has 80 heavy (non-hydrogen) atoms. The molecule has 0 saturated heterocycles. The van der Waals surface area contributed by atoms with E-state index in [1.165, 1.54) is 4.90 Å². The Morgan fingerprint density at radius 2 is 1.35 bits per heavy atom. The minimum Gasteiger partial charge on any atom is -0.481 e. The number of amides is 5. The lowest BCUT2D eigenvalue weighted by molar-refractivity contribution is -0.138. The summed E-state index contributed by atoms with van der Waals surface area (Å²) >= 11 is 0. The number of carbonyl (C=O) groups excluding carboxylic acids is 5. The van der Waals surface area contributed by atoms with E-state index in [-0.39, 0.29) is 51.4 Å². The van der Waals surface area contributed by atoms with Crippen LogP contribution in [0.5, 0.6) is 0 Å². The van der Waals surface area contributed by atoms with Gasteiger partial charge in [-0.2, -0.15) is 0 Å². The van der Waals surface area contributed by atoms with Crippen molar-refractivity contribution in [3.05, 3.63) is 142 Å². The Bertz CT molecular complexity index is 2830. The van der Waals surface area contributed by atoms with Crippen LogP contribution in [-0.2, 0) is 54.0 Å². The van der Waals surface area contributed by atoms with Crippen LogP contribution in [0.15, 0.2) is 114 Å². The van der Waals surface area contributed by atoms with Crippen LogP contribution in [0, 0.1) is 6.92 Å². The number of aromatic nitrogens is 1.